The number of hydrogen-bond acceptors (Lipinski definition) is 3. The first-order valence-corrected chi connectivity index (χ1v) is 13.7. The smallest absolute Gasteiger partial charge is 0.224 e. The molecule has 188 valence electrons. The lowest BCUT2D eigenvalue weighted by Gasteiger charge is -2.66. The molecule has 0 saturated heterocycles. The van der Waals surface area contributed by atoms with Crippen LogP contribution in [0, 0.1) is 57.7 Å². The molecule has 0 aliphatic heterocycles. The van der Waals surface area contributed by atoms with Crippen LogP contribution in [0.3, 0.4) is 0 Å². The zero-order valence-electron chi connectivity index (χ0n) is 21.9. The van der Waals surface area contributed by atoms with E-state index in [-0.39, 0.29) is 34.7 Å². The van der Waals surface area contributed by atoms with Gasteiger partial charge in [0.15, 0.2) is 0 Å². The van der Waals surface area contributed by atoms with Crippen molar-refractivity contribution in [2.75, 3.05) is 0 Å². The molecule has 0 aromatic carbocycles. The van der Waals surface area contributed by atoms with Crippen molar-refractivity contribution < 1.29 is 15.0 Å². The summed E-state index contributed by atoms with van der Waals surface area (Å²) >= 11 is 0. The molecule has 0 aromatic rings. The number of carbonyl (C=O) groups excluding carboxylic acids is 1. The second kappa shape index (κ2) is 8.66. The van der Waals surface area contributed by atoms with Gasteiger partial charge in [0.25, 0.3) is 0 Å². The Balaban J connectivity index is 1.69. The number of amides is 1. The summed E-state index contributed by atoms with van der Waals surface area (Å²) in [7, 11) is 0. The van der Waals surface area contributed by atoms with Gasteiger partial charge in [0.05, 0.1) is 17.6 Å². The molecule has 0 radical (unpaired) electrons. The topological polar surface area (TPSA) is 83.6 Å². The third-order valence-electron chi connectivity index (χ3n) is 11.6. The van der Waals surface area contributed by atoms with Crippen molar-refractivity contribution in [2.45, 2.75) is 105 Å². The molecule has 4 heteroatoms. The van der Waals surface area contributed by atoms with Gasteiger partial charge in [-0.2, -0.15) is 0 Å². The van der Waals surface area contributed by atoms with Gasteiger partial charge in [0.1, 0.15) is 0 Å². The Labute approximate surface area is 201 Å². The normalized spacial score (nSPS) is 49.4. The average Bonchev–Trinajstić information content (AvgIpc) is 3.08. The SMILES string of the molecule is CC(C)[C@@H](C)C=C[C@@H](C)[C@H]1CC[C@@H]2[C@]1(C)C[C@H](O)[C@@H]1[C@@]3(C)CC[C@H](O)C[C@@H]3CC[C@@]21C(N)=O. The van der Waals surface area contributed by atoms with Gasteiger partial charge in [0.2, 0.25) is 5.91 Å². The van der Waals surface area contributed by atoms with Gasteiger partial charge in [-0.1, -0.05) is 53.7 Å². The van der Waals surface area contributed by atoms with Crippen LogP contribution in [0.15, 0.2) is 12.2 Å². The summed E-state index contributed by atoms with van der Waals surface area (Å²) in [6.07, 6.45) is 11.1. The Morgan fingerprint density at radius 2 is 1.67 bits per heavy atom. The van der Waals surface area contributed by atoms with Crippen molar-refractivity contribution in [3.05, 3.63) is 12.2 Å². The van der Waals surface area contributed by atoms with E-state index in [0.717, 1.165) is 51.4 Å². The van der Waals surface area contributed by atoms with Crippen LogP contribution in [0.2, 0.25) is 0 Å². The lowest BCUT2D eigenvalue weighted by atomic mass is 9.37. The van der Waals surface area contributed by atoms with Crippen LogP contribution in [-0.2, 0) is 4.79 Å². The highest BCUT2D eigenvalue weighted by Gasteiger charge is 2.71. The van der Waals surface area contributed by atoms with E-state index in [1.165, 1.54) is 0 Å². The molecule has 0 aromatic heterocycles. The summed E-state index contributed by atoms with van der Waals surface area (Å²) in [5.74, 6) is 2.41. The molecular formula is C29H49NO3. The average molecular weight is 460 g/mol. The summed E-state index contributed by atoms with van der Waals surface area (Å²) in [6, 6.07) is 0. The number of rotatable bonds is 5. The molecule has 0 spiro atoms. The van der Waals surface area contributed by atoms with E-state index in [0.29, 0.717) is 29.6 Å². The first kappa shape index (κ1) is 25.2. The standard InChI is InChI=1S/C29H49NO3/c1-17(2)18(3)7-8-19(4)22-9-10-24-28(22,6)16-23(32)25-27(5)13-12-21(31)15-20(27)11-14-29(24,25)26(30)33/h7-8,17-25,31-32H,9-16H2,1-6H3,(H2,30,33)/t18-,19+,20-,21-,22+,23-,24+,25+,27-,28+,29+/m0/s1. The van der Waals surface area contributed by atoms with E-state index in [9.17, 15) is 15.0 Å². The van der Waals surface area contributed by atoms with Gasteiger partial charge in [-0.05, 0) is 97.7 Å². The molecule has 0 bridgehead atoms. The summed E-state index contributed by atoms with van der Waals surface area (Å²) in [4.78, 5) is 13.4. The number of carbonyl (C=O) groups is 1. The minimum absolute atomic E-state index is 0.0762. The quantitative estimate of drug-likeness (QED) is 0.487. The molecule has 4 N–H and O–H groups in total. The highest BCUT2D eigenvalue weighted by atomic mass is 16.3. The first-order chi connectivity index (χ1) is 15.4. The van der Waals surface area contributed by atoms with Gasteiger partial charge in [-0.3, -0.25) is 4.79 Å². The van der Waals surface area contributed by atoms with Gasteiger partial charge in [-0.15, -0.1) is 0 Å². The zero-order chi connectivity index (χ0) is 24.3. The maximum absolute atomic E-state index is 13.4. The number of hydrogen-bond donors (Lipinski definition) is 3. The molecule has 4 aliphatic carbocycles. The summed E-state index contributed by atoms with van der Waals surface area (Å²) in [5, 5.41) is 22.2. The first-order valence-electron chi connectivity index (χ1n) is 13.7. The van der Waals surface area contributed by atoms with Crippen molar-refractivity contribution in [1.82, 2.24) is 0 Å². The van der Waals surface area contributed by atoms with Crippen LogP contribution >= 0.6 is 0 Å². The summed E-state index contributed by atoms with van der Waals surface area (Å²) in [5.41, 5.74) is 5.52. The molecule has 11 atom stereocenters. The fourth-order valence-corrected chi connectivity index (χ4v) is 9.58. The molecule has 4 saturated carbocycles. The largest absolute Gasteiger partial charge is 0.393 e. The highest BCUT2D eigenvalue weighted by Crippen LogP contribution is 2.73. The number of fused-ring (bicyclic) bond motifs is 5. The number of aliphatic hydroxyl groups is 2. The third-order valence-corrected chi connectivity index (χ3v) is 11.6. The van der Waals surface area contributed by atoms with E-state index >= 15 is 0 Å². The number of aliphatic hydroxyl groups excluding tert-OH is 2. The van der Waals surface area contributed by atoms with Crippen molar-refractivity contribution in [1.29, 1.82) is 0 Å². The molecule has 4 nitrogen and oxygen atoms in total. The fourth-order valence-electron chi connectivity index (χ4n) is 9.58. The second-order valence-corrected chi connectivity index (χ2v) is 13.4. The van der Waals surface area contributed by atoms with Crippen molar-refractivity contribution in [3.63, 3.8) is 0 Å². The highest BCUT2D eigenvalue weighted by molar-refractivity contribution is 5.82. The van der Waals surface area contributed by atoms with Crippen molar-refractivity contribution >= 4 is 5.91 Å². The lowest BCUT2D eigenvalue weighted by Crippen LogP contribution is -2.68. The number of primary amides is 1. The van der Waals surface area contributed by atoms with Crippen LogP contribution in [0.4, 0.5) is 0 Å². The maximum atomic E-state index is 13.4. The van der Waals surface area contributed by atoms with Gasteiger partial charge >= 0.3 is 0 Å². The van der Waals surface area contributed by atoms with E-state index < -0.39 is 11.5 Å². The Morgan fingerprint density at radius 1 is 0.970 bits per heavy atom. The fraction of sp³-hybridized carbons (Fsp3) is 0.897. The van der Waals surface area contributed by atoms with Crippen LogP contribution in [0.5, 0.6) is 0 Å². The molecule has 0 unspecified atom stereocenters. The molecule has 33 heavy (non-hydrogen) atoms. The van der Waals surface area contributed by atoms with E-state index in [4.69, 9.17) is 5.73 Å². The molecule has 0 heterocycles. The van der Waals surface area contributed by atoms with Gasteiger partial charge < -0.3 is 15.9 Å². The Kier molecular flexibility index (Phi) is 6.62. The van der Waals surface area contributed by atoms with Crippen molar-refractivity contribution in [2.24, 2.45) is 63.4 Å². The Bertz CT molecular complexity index is 779. The van der Waals surface area contributed by atoms with Crippen LogP contribution in [0.1, 0.15) is 92.9 Å². The van der Waals surface area contributed by atoms with Crippen LogP contribution < -0.4 is 5.73 Å². The Morgan fingerprint density at radius 3 is 2.30 bits per heavy atom. The Hall–Kier alpha value is -0.870. The lowest BCUT2D eigenvalue weighted by molar-refractivity contribution is -0.223. The number of allylic oxidation sites excluding steroid dienone is 2. The minimum atomic E-state index is -0.622. The molecule has 4 fully saturated rings. The predicted octanol–water partition coefficient (Wildman–Crippen LogP) is 5.32. The minimum Gasteiger partial charge on any atom is -0.393 e. The van der Waals surface area contributed by atoms with Crippen molar-refractivity contribution in [3.8, 4) is 0 Å². The zero-order valence-corrected chi connectivity index (χ0v) is 21.9. The molecule has 4 rings (SSSR count). The third kappa shape index (κ3) is 3.73. The maximum Gasteiger partial charge on any atom is 0.224 e. The van der Waals surface area contributed by atoms with E-state index in [1.54, 1.807) is 0 Å². The second-order valence-electron chi connectivity index (χ2n) is 13.4. The van der Waals surface area contributed by atoms with Gasteiger partial charge in [-0.25, -0.2) is 0 Å². The predicted molar refractivity (Wildman–Crippen MR) is 133 cm³/mol. The van der Waals surface area contributed by atoms with Crippen LogP contribution in [-0.4, -0.2) is 28.3 Å². The van der Waals surface area contributed by atoms with Gasteiger partial charge in [0, 0.05) is 5.92 Å². The van der Waals surface area contributed by atoms with Crippen LogP contribution in [0.25, 0.3) is 0 Å². The summed E-state index contributed by atoms with van der Waals surface area (Å²) in [6.45, 7) is 13.8. The summed E-state index contributed by atoms with van der Waals surface area (Å²) < 4.78 is 0. The van der Waals surface area contributed by atoms with E-state index in [1.807, 2.05) is 0 Å². The molecular weight excluding hydrogens is 410 g/mol. The van der Waals surface area contributed by atoms with E-state index in [2.05, 4.69) is 53.7 Å². The molecule has 1 amide bonds. The monoisotopic (exact) mass is 459 g/mol. The molecule has 4 aliphatic rings. The number of nitrogens with two attached hydrogens (primary N) is 1.